The zero-order chi connectivity index (χ0) is 14.0. The van der Waals surface area contributed by atoms with Crippen LogP contribution in [0.25, 0.3) is 0 Å². The normalized spacial score (nSPS) is 18.0. The van der Waals surface area contributed by atoms with Crippen LogP contribution in [-0.2, 0) is 0 Å². The van der Waals surface area contributed by atoms with Crippen molar-refractivity contribution in [2.75, 3.05) is 13.2 Å². The van der Waals surface area contributed by atoms with Crippen molar-refractivity contribution in [1.29, 1.82) is 0 Å². The lowest BCUT2D eigenvalue weighted by Gasteiger charge is -2.23. The Hall–Kier alpha value is -0.970. The van der Waals surface area contributed by atoms with Gasteiger partial charge in [-0.2, -0.15) is 0 Å². The highest BCUT2D eigenvalue weighted by Crippen LogP contribution is 2.40. The fourth-order valence-corrected chi connectivity index (χ4v) is 2.28. The van der Waals surface area contributed by atoms with Crippen molar-refractivity contribution in [3.8, 4) is 11.5 Å². The van der Waals surface area contributed by atoms with Gasteiger partial charge in [0.15, 0.2) is 11.5 Å². The van der Waals surface area contributed by atoms with E-state index in [2.05, 4.69) is 0 Å². The molecule has 2 unspecified atom stereocenters. The van der Waals surface area contributed by atoms with Crippen molar-refractivity contribution in [3.05, 3.63) is 22.7 Å². The van der Waals surface area contributed by atoms with Crippen molar-refractivity contribution < 1.29 is 14.6 Å². The highest BCUT2D eigenvalue weighted by Gasteiger charge is 2.24. The summed E-state index contributed by atoms with van der Waals surface area (Å²) in [5.74, 6) is 1.30. The van der Waals surface area contributed by atoms with E-state index in [-0.39, 0.29) is 12.0 Å². The molecule has 5 heteroatoms. The summed E-state index contributed by atoms with van der Waals surface area (Å²) >= 11 is 6.19. The molecule has 2 rings (SSSR count). The number of aliphatic hydroxyl groups excluding tert-OH is 1. The Labute approximate surface area is 118 Å². The Morgan fingerprint density at radius 1 is 1.26 bits per heavy atom. The lowest BCUT2D eigenvalue weighted by Crippen LogP contribution is -2.33. The molecule has 0 radical (unpaired) electrons. The lowest BCUT2D eigenvalue weighted by molar-refractivity contribution is 0.125. The van der Waals surface area contributed by atoms with Crippen molar-refractivity contribution in [2.45, 2.75) is 32.4 Å². The Balaban J connectivity index is 2.33. The second kappa shape index (κ2) is 5.99. The maximum absolute atomic E-state index is 10.3. The van der Waals surface area contributed by atoms with Crippen LogP contribution in [0.5, 0.6) is 11.5 Å². The Bertz CT molecular complexity index is 451. The van der Waals surface area contributed by atoms with E-state index in [0.717, 1.165) is 6.42 Å². The van der Waals surface area contributed by atoms with Gasteiger partial charge in [-0.05, 0) is 23.6 Å². The van der Waals surface area contributed by atoms with Gasteiger partial charge in [0.2, 0.25) is 0 Å². The average Bonchev–Trinajstić information content (AvgIpc) is 2.62. The van der Waals surface area contributed by atoms with Crippen molar-refractivity contribution in [3.63, 3.8) is 0 Å². The molecule has 0 bridgehead atoms. The monoisotopic (exact) mass is 285 g/mol. The van der Waals surface area contributed by atoms with E-state index in [4.69, 9.17) is 26.8 Å². The van der Waals surface area contributed by atoms with Crippen LogP contribution >= 0.6 is 11.6 Å². The minimum atomic E-state index is -0.769. The van der Waals surface area contributed by atoms with E-state index in [0.29, 0.717) is 35.3 Å². The predicted molar refractivity (Wildman–Crippen MR) is 74.8 cm³/mol. The van der Waals surface area contributed by atoms with Gasteiger partial charge in [0.25, 0.3) is 0 Å². The van der Waals surface area contributed by atoms with Crippen LogP contribution in [0.3, 0.4) is 0 Å². The molecule has 3 N–H and O–H groups in total. The van der Waals surface area contributed by atoms with Gasteiger partial charge >= 0.3 is 0 Å². The summed E-state index contributed by atoms with van der Waals surface area (Å²) in [6.45, 7) is 5.11. The van der Waals surface area contributed by atoms with Crippen molar-refractivity contribution in [2.24, 2.45) is 11.7 Å². The van der Waals surface area contributed by atoms with E-state index < -0.39 is 6.10 Å². The summed E-state index contributed by atoms with van der Waals surface area (Å²) < 4.78 is 11.2. The summed E-state index contributed by atoms with van der Waals surface area (Å²) in [6, 6.07) is 3.11. The highest BCUT2D eigenvalue weighted by atomic mass is 35.5. The number of fused-ring (bicyclic) bond motifs is 1. The number of aliphatic hydroxyl groups is 1. The van der Waals surface area contributed by atoms with E-state index in [1.807, 2.05) is 13.8 Å². The number of benzene rings is 1. The molecule has 0 saturated carbocycles. The first-order chi connectivity index (χ1) is 9.00. The molecule has 0 saturated heterocycles. The summed E-state index contributed by atoms with van der Waals surface area (Å²) in [4.78, 5) is 0. The fraction of sp³-hybridized carbons (Fsp3) is 0.571. The number of nitrogens with two attached hydrogens (primary N) is 1. The molecule has 1 aliphatic heterocycles. The standard InChI is InChI=1S/C14H20ClNO3/c1-8(2)12(16)13(17)9-6-10(15)14-11(7-9)18-4-3-5-19-14/h6-8,12-13,17H,3-5,16H2,1-2H3. The molecule has 1 heterocycles. The van der Waals surface area contributed by atoms with Crippen LogP contribution in [-0.4, -0.2) is 24.4 Å². The minimum Gasteiger partial charge on any atom is -0.489 e. The SMILES string of the molecule is CC(C)C(N)C(O)c1cc(Cl)c2c(c1)OCCCO2. The summed E-state index contributed by atoms with van der Waals surface area (Å²) in [5, 5.41) is 10.7. The third-order valence-corrected chi connectivity index (χ3v) is 3.58. The molecule has 0 fully saturated rings. The summed E-state index contributed by atoms with van der Waals surface area (Å²) in [7, 11) is 0. The van der Waals surface area contributed by atoms with Gasteiger partial charge in [0.05, 0.1) is 24.3 Å². The average molecular weight is 286 g/mol. The predicted octanol–water partition coefficient (Wildman–Crippen LogP) is 2.52. The van der Waals surface area contributed by atoms with Crippen LogP contribution in [0.4, 0.5) is 0 Å². The maximum Gasteiger partial charge on any atom is 0.179 e. The quantitative estimate of drug-likeness (QED) is 0.896. The number of halogens is 1. The van der Waals surface area contributed by atoms with Gasteiger partial charge in [-0.1, -0.05) is 25.4 Å². The van der Waals surface area contributed by atoms with Gasteiger partial charge in [0, 0.05) is 12.5 Å². The summed E-state index contributed by atoms with van der Waals surface area (Å²) in [6.07, 6.45) is 0.0451. The lowest BCUT2D eigenvalue weighted by atomic mass is 9.94. The maximum atomic E-state index is 10.3. The Morgan fingerprint density at radius 3 is 2.63 bits per heavy atom. The third kappa shape index (κ3) is 3.14. The molecule has 0 amide bonds. The van der Waals surface area contributed by atoms with Crippen LogP contribution in [0.15, 0.2) is 12.1 Å². The molecule has 19 heavy (non-hydrogen) atoms. The molecule has 106 valence electrons. The molecule has 1 aliphatic rings. The van der Waals surface area contributed by atoms with Gasteiger partial charge in [-0.3, -0.25) is 0 Å². The Morgan fingerprint density at radius 2 is 1.95 bits per heavy atom. The van der Waals surface area contributed by atoms with Crippen LogP contribution in [0, 0.1) is 5.92 Å². The highest BCUT2D eigenvalue weighted by molar-refractivity contribution is 6.32. The summed E-state index contributed by atoms with van der Waals surface area (Å²) in [5.41, 5.74) is 6.65. The third-order valence-electron chi connectivity index (χ3n) is 3.30. The smallest absolute Gasteiger partial charge is 0.179 e. The van der Waals surface area contributed by atoms with Gasteiger partial charge in [0.1, 0.15) is 0 Å². The van der Waals surface area contributed by atoms with Gasteiger partial charge in [-0.25, -0.2) is 0 Å². The second-order valence-electron chi connectivity index (χ2n) is 5.15. The number of hydrogen-bond donors (Lipinski definition) is 2. The first-order valence-corrected chi connectivity index (χ1v) is 6.91. The topological polar surface area (TPSA) is 64.7 Å². The molecular weight excluding hydrogens is 266 g/mol. The molecule has 1 aromatic carbocycles. The van der Waals surface area contributed by atoms with Crippen LogP contribution in [0.2, 0.25) is 5.02 Å². The van der Waals surface area contributed by atoms with Crippen LogP contribution in [0.1, 0.15) is 31.9 Å². The van der Waals surface area contributed by atoms with Crippen molar-refractivity contribution in [1.82, 2.24) is 0 Å². The van der Waals surface area contributed by atoms with Crippen LogP contribution < -0.4 is 15.2 Å². The van der Waals surface area contributed by atoms with Gasteiger partial charge in [-0.15, -0.1) is 0 Å². The first-order valence-electron chi connectivity index (χ1n) is 6.53. The van der Waals surface area contributed by atoms with E-state index in [9.17, 15) is 5.11 Å². The minimum absolute atomic E-state index is 0.171. The van der Waals surface area contributed by atoms with Crippen molar-refractivity contribution >= 4 is 11.6 Å². The molecule has 2 atom stereocenters. The molecule has 0 spiro atoms. The van der Waals surface area contributed by atoms with Gasteiger partial charge < -0.3 is 20.3 Å². The molecular formula is C14H20ClNO3. The van der Waals surface area contributed by atoms with E-state index in [1.54, 1.807) is 12.1 Å². The molecule has 1 aromatic rings. The molecule has 4 nitrogen and oxygen atoms in total. The zero-order valence-electron chi connectivity index (χ0n) is 11.2. The van der Waals surface area contributed by atoms with E-state index >= 15 is 0 Å². The Kier molecular flexibility index (Phi) is 4.55. The van der Waals surface area contributed by atoms with E-state index in [1.165, 1.54) is 0 Å². The number of ether oxygens (including phenoxy) is 2. The largest absolute Gasteiger partial charge is 0.489 e. The number of rotatable bonds is 3. The fourth-order valence-electron chi connectivity index (χ4n) is 2.01. The first kappa shape index (κ1) is 14.4. The molecule has 0 aliphatic carbocycles. The number of hydrogen-bond acceptors (Lipinski definition) is 4. The second-order valence-corrected chi connectivity index (χ2v) is 5.55. The zero-order valence-corrected chi connectivity index (χ0v) is 12.0. The molecule has 0 aromatic heterocycles.